The quantitative estimate of drug-likeness (QED) is 0.911. The molecule has 0 spiro atoms. The molecule has 1 heterocycles. The van der Waals surface area contributed by atoms with E-state index in [1.165, 1.54) is 4.68 Å². The minimum absolute atomic E-state index is 0.316. The highest BCUT2D eigenvalue weighted by molar-refractivity contribution is 6.35. The number of rotatable bonds is 2. The lowest BCUT2D eigenvalue weighted by molar-refractivity contribution is 0.100. The summed E-state index contributed by atoms with van der Waals surface area (Å²) in [5.41, 5.74) is 6.63. The molecule has 6 heteroatoms. The third-order valence-electron chi connectivity index (χ3n) is 2.28. The van der Waals surface area contributed by atoms with Crippen LogP contribution in [0.1, 0.15) is 10.4 Å². The van der Waals surface area contributed by atoms with E-state index in [-0.39, 0.29) is 0 Å². The van der Waals surface area contributed by atoms with E-state index in [9.17, 15) is 4.79 Å². The van der Waals surface area contributed by atoms with Crippen LogP contribution in [0, 0.1) is 0 Å². The van der Waals surface area contributed by atoms with Gasteiger partial charge in [0.2, 0.25) is 0 Å². The standard InChI is InChI=1S/C11H9Cl2N3O/c1-16-5-8(11(14)17)10(15-16)7-4-6(12)2-3-9(7)13/h2-5H,1H3,(H2,14,17). The van der Waals surface area contributed by atoms with E-state index >= 15 is 0 Å². The lowest BCUT2D eigenvalue weighted by Gasteiger charge is -2.03. The van der Waals surface area contributed by atoms with Gasteiger partial charge in [-0.15, -0.1) is 0 Å². The number of primary amides is 1. The number of nitrogens with zero attached hydrogens (tertiary/aromatic N) is 2. The average molecular weight is 270 g/mol. The second kappa shape index (κ2) is 4.39. The van der Waals surface area contributed by atoms with Gasteiger partial charge in [-0.2, -0.15) is 5.10 Å². The number of halogens is 2. The molecule has 0 aliphatic rings. The minimum Gasteiger partial charge on any atom is -0.365 e. The van der Waals surface area contributed by atoms with Gasteiger partial charge in [0.1, 0.15) is 5.69 Å². The molecule has 0 bridgehead atoms. The summed E-state index contributed by atoms with van der Waals surface area (Å²) in [4.78, 5) is 11.3. The predicted molar refractivity (Wildman–Crippen MR) is 67.2 cm³/mol. The van der Waals surface area contributed by atoms with Crippen molar-refractivity contribution in [1.82, 2.24) is 9.78 Å². The molecule has 0 fully saturated rings. The summed E-state index contributed by atoms with van der Waals surface area (Å²) in [6, 6.07) is 4.97. The Labute approximate surface area is 108 Å². The number of nitrogens with two attached hydrogens (primary N) is 1. The molecule has 2 aromatic rings. The van der Waals surface area contributed by atoms with Crippen molar-refractivity contribution in [1.29, 1.82) is 0 Å². The van der Waals surface area contributed by atoms with Gasteiger partial charge in [-0.1, -0.05) is 23.2 Å². The van der Waals surface area contributed by atoms with Crippen LogP contribution in [0.5, 0.6) is 0 Å². The zero-order chi connectivity index (χ0) is 12.6. The van der Waals surface area contributed by atoms with E-state index < -0.39 is 5.91 Å². The molecule has 1 amide bonds. The van der Waals surface area contributed by atoms with E-state index in [0.29, 0.717) is 26.9 Å². The van der Waals surface area contributed by atoms with Gasteiger partial charge < -0.3 is 5.73 Å². The van der Waals surface area contributed by atoms with Gasteiger partial charge >= 0.3 is 0 Å². The summed E-state index contributed by atoms with van der Waals surface area (Å²) in [5, 5.41) is 5.16. The van der Waals surface area contributed by atoms with Crippen LogP contribution in [-0.2, 0) is 7.05 Å². The Morgan fingerprint density at radius 3 is 2.76 bits per heavy atom. The second-order valence-corrected chi connectivity index (χ2v) is 4.40. The Hall–Kier alpha value is -1.52. The number of carbonyl (C=O) groups is 1. The number of carbonyl (C=O) groups excluding carboxylic acids is 1. The largest absolute Gasteiger partial charge is 0.365 e. The maximum Gasteiger partial charge on any atom is 0.252 e. The highest BCUT2D eigenvalue weighted by atomic mass is 35.5. The van der Waals surface area contributed by atoms with Crippen molar-refractivity contribution in [3.63, 3.8) is 0 Å². The van der Waals surface area contributed by atoms with E-state index in [2.05, 4.69) is 5.10 Å². The number of hydrogen-bond donors (Lipinski definition) is 1. The molecule has 0 saturated carbocycles. The Balaban J connectivity index is 2.67. The van der Waals surface area contributed by atoms with Crippen molar-refractivity contribution in [2.45, 2.75) is 0 Å². The van der Waals surface area contributed by atoms with Crippen LogP contribution in [-0.4, -0.2) is 15.7 Å². The highest BCUT2D eigenvalue weighted by Gasteiger charge is 2.17. The second-order valence-electron chi connectivity index (χ2n) is 3.55. The number of aromatic nitrogens is 2. The van der Waals surface area contributed by atoms with Crippen molar-refractivity contribution in [3.05, 3.63) is 40.0 Å². The summed E-state index contributed by atoms with van der Waals surface area (Å²) in [6.07, 6.45) is 1.55. The first-order valence-electron chi connectivity index (χ1n) is 4.78. The topological polar surface area (TPSA) is 60.9 Å². The molecule has 4 nitrogen and oxygen atoms in total. The molecule has 0 aliphatic heterocycles. The number of amides is 1. The van der Waals surface area contributed by atoms with Gasteiger partial charge in [0.25, 0.3) is 5.91 Å². The Bertz CT molecular complexity index is 592. The first-order valence-corrected chi connectivity index (χ1v) is 5.53. The minimum atomic E-state index is -0.552. The van der Waals surface area contributed by atoms with Crippen LogP contribution in [0.4, 0.5) is 0 Å². The van der Waals surface area contributed by atoms with Crippen molar-refractivity contribution >= 4 is 29.1 Å². The van der Waals surface area contributed by atoms with Gasteiger partial charge in [-0.3, -0.25) is 9.48 Å². The fourth-order valence-electron chi connectivity index (χ4n) is 1.55. The molecule has 2 N–H and O–H groups in total. The molecule has 0 radical (unpaired) electrons. The first-order chi connectivity index (χ1) is 7.99. The van der Waals surface area contributed by atoms with Crippen molar-refractivity contribution in [2.75, 3.05) is 0 Å². The highest BCUT2D eigenvalue weighted by Crippen LogP contribution is 2.31. The Morgan fingerprint density at radius 1 is 1.41 bits per heavy atom. The van der Waals surface area contributed by atoms with Gasteiger partial charge in [-0.25, -0.2) is 0 Å². The fraction of sp³-hybridized carbons (Fsp3) is 0.0909. The normalized spacial score (nSPS) is 10.5. The third-order valence-corrected chi connectivity index (χ3v) is 2.84. The van der Waals surface area contributed by atoms with Crippen molar-refractivity contribution < 1.29 is 4.79 Å². The van der Waals surface area contributed by atoms with Crippen LogP contribution < -0.4 is 5.73 Å². The molecule has 0 aliphatic carbocycles. The maximum atomic E-state index is 11.3. The van der Waals surface area contributed by atoms with E-state index in [1.807, 2.05) is 0 Å². The molecule has 2 rings (SSSR count). The smallest absolute Gasteiger partial charge is 0.252 e. The molecule has 88 valence electrons. The zero-order valence-electron chi connectivity index (χ0n) is 8.95. The lowest BCUT2D eigenvalue weighted by atomic mass is 10.1. The zero-order valence-corrected chi connectivity index (χ0v) is 10.5. The van der Waals surface area contributed by atoms with Crippen LogP contribution in [0.3, 0.4) is 0 Å². The number of hydrogen-bond acceptors (Lipinski definition) is 2. The van der Waals surface area contributed by atoms with E-state index in [0.717, 1.165) is 0 Å². The number of benzene rings is 1. The fourth-order valence-corrected chi connectivity index (χ4v) is 1.93. The van der Waals surface area contributed by atoms with Gasteiger partial charge in [-0.05, 0) is 18.2 Å². The summed E-state index contributed by atoms with van der Waals surface area (Å²) in [5.74, 6) is -0.552. The monoisotopic (exact) mass is 269 g/mol. The lowest BCUT2D eigenvalue weighted by Crippen LogP contribution is -2.11. The molecule has 1 aromatic heterocycles. The average Bonchev–Trinajstić information content (AvgIpc) is 2.64. The third kappa shape index (κ3) is 2.28. The molecule has 0 atom stereocenters. The van der Waals surface area contributed by atoms with Crippen LogP contribution in [0.25, 0.3) is 11.3 Å². The van der Waals surface area contributed by atoms with E-state index in [4.69, 9.17) is 28.9 Å². The van der Waals surface area contributed by atoms with Gasteiger partial charge in [0.15, 0.2) is 0 Å². The van der Waals surface area contributed by atoms with Crippen LogP contribution >= 0.6 is 23.2 Å². The summed E-state index contributed by atoms with van der Waals surface area (Å²) in [6.45, 7) is 0. The number of aryl methyl sites for hydroxylation is 1. The van der Waals surface area contributed by atoms with Gasteiger partial charge in [0, 0.05) is 23.8 Å². The molecule has 17 heavy (non-hydrogen) atoms. The molecule has 0 saturated heterocycles. The van der Waals surface area contributed by atoms with Crippen LogP contribution in [0.2, 0.25) is 10.0 Å². The summed E-state index contributed by atoms with van der Waals surface area (Å²) >= 11 is 12.0. The molecule has 0 unspecified atom stereocenters. The van der Waals surface area contributed by atoms with Crippen molar-refractivity contribution in [3.8, 4) is 11.3 Å². The molecule has 1 aromatic carbocycles. The van der Waals surface area contributed by atoms with Crippen molar-refractivity contribution in [2.24, 2.45) is 12.8 Å². The summed E-state index contributed by atoms with van der Waals surface area (Å²) in [7, 11) is 1.70. The first kappa shape index (κ1) is 12.0. The summed E-state index contributed by atoms with van der Waals surface area (Å²) < 4.78 is 1.51. The Morgan fingerprint density at radius 2 is 2.12 bits per heavy atom. The predicted octanol–water partition coefficient (Wildman–Crippen LogP) is 2.49. The van der Waals surface area contributed by atoms with E-state index in [1.54, 1.807) is 31.4 Å². The molecular weight excluding hydrogens is 261 g/mol. The van der Waals surface area contributed by atoms with Crippen LogP contribution in [0.15, 0.2) is 24.4 Å². The van der Waals surface area contributed by atoms with Gasteiger partial charge in [0.05, 0.1) is 10.6 Å². The Kier molecular flexibility index (Phi) is 3.09. The maximum absolute atomic E-state index is 11.3. The SMILES string of the molecule is Cn1cc(C(N)=O)c(-c2cc(Cl)ccc2Cl)n1. The molecular formula is C11H9Cl2N3O.